The predicted octanol–water partition coefficient (Wildman–Crippen LogP) is 1.39. The topological polar surface area (TPSA) is 52.6 Å². The molecule has 2 heterocycles. The van der Waals surface area contributed by atoms with Gasteiger partial charge in [0.05, 0.1) is 12.6 Å². The molecule has 1 fully saturated rings. The van der Waals surface area contributed by atoms with E-state index in [0.717, 1.165) is 42.2 Å². The molecule has 1 unspecified atom stereocenters. The van der Waals surface area contributed by atoms with Gasteiger partial charge in [-0.05, 0) is 48.1 Å². The van der Waals surface area contributed by atoms with Crippen LogP contribution in [-0.2, 0) is 4.79 Å². The highest BCUT2D eigenvalue weighted by Crippen LogP contribution is 2.26. The van der Waals surface area contributed by atoms with Crippen LogP contribution in [0.1, 0.15) is 19.3 Å². The first-order valence-electron chi connectivity index (χ1n) is 7.00. The van der Waals surface area contributed by atoms with Gasteiger partial charge in [0.2, 0.25) is 5.91 Å². The van der Waals surface area contributed by atoms with Crippen LogP contribution in [0.25, 0.3) is 0 Å². The second kappa shape index (κ2) is 8.12. The van der Waals surface area contributed by atoms with Crippen molar-refractivity contribution in [3.8, 4) is 0 Å². The van der Waals surface area contributed by atoms with Crippen LogP contribution in [0.15, 0.2) is 22.8 Å². The summed E-state index contributed by atoms with van der Waals surface area (Å²) in [4.78, 5) is 14.9. The van der Waals surface area contributed by atoms with Crippen molar-refractivity contribution in [1.82, 2.24) is 10.2 Å². The van der Waals surface area contributed by atoms with Crippen molar-refractivity contribution < 1.29 is 9.90 Å². The number of amides is 1. The monoisotopic (exact) mass is 314 g/mol. The number of carbonyl (C=O) groups excluding carboxylic acids is 1. The summed E-state index contributed by atoms with van der Waals surface area (Å²) < 4.78 is 0. The fourth-order valence-electron chi connectivity index (χ4n) is 2.43. The molecule has 2 rings (SSSR count). The third-order valence-electron chi connectivity index (χ3n) is 3.50. The fraction of sp³-hybridized carbons (Fsp3) is 0.643. The van der Waals surface area contributed by atoms with Crippen LogP contribution in [0.5, 0.6) is 0 Å². The van der Waals surface area contributed by atoms with E-state index in [1.54, 1.807) is 6.20 Å². The minimum atomic E-state index is -0.288. The Morgan fingerprint density at radius 1 is 1.60 bits per heavy atom. The Morgan fingerprint density at radius 3 is 3.20 bits per heavy atom. The molecule has 2 aliphatic heterocycles. The van der Waals surface area contributed by atoms with Gasteiger partial charge in [0, 0.05) is 18.5 Å². The highest BCUT2D eigenvalue weighted by molar-refractivity contribution is 8.00. The van der Waals surface area contributed by atoms with Gasteiger partial charge in [0.25, 0.3) is 0 Å². The first kappa shape index (κ1) is 15.9. The maximum absolute atomic E-state index is 11.8. The molecule has 4 nitrogen and oxygen atoms in total. The molecule has 0 aromatic heterocycles. The Labute approximate surface area is 130 Å². The molecule has 0 aromatic carbocycles. The van der Waals surface area contributed by atoms with Crippen LogP contribution in [0, 0.1) is 0 Å². The highest BCUT2D eigenvalue weighted by atomic mass is 32.2. The van der Waals surface area contributed by atoms with Crippen molar-refractivity contribution in [3.05, 3.63) is 22.8 Å². The van der Waals surface area contributed by atoms with Gasteiger partial charge < -0.3 is 10.4 Å². The first-order valence-corrected chi connectivity index (χ1v) is 8.60. The second-order valence-corrected chi connectivity index (χ2v) is 6.85. The van der Waals surface area contributed by atoms with Crippen molar-refractivity contribution in [3.63, 3.8) is 0 Å². The van der Waals surface area contributed by atoms with Crippen LogP contribution in [0.3, 0.4) is 0 Å². The van der Waals surface area contributed by atoms with Gasteiger partial charge in [0.15, 0.2) is 0 Å². The smallest absolute Gasteiger partial charge is 0.238 e. The van der Waals surface area contributed by atoms with E-state index in [0.29, 0.717) is 13.1 Å². The summed E-state index contributed by atoms with van der Waals surface area (Å²) in [6.07, 6.45) is 6.18. The zero-order chi connectivity index (χ0) is 14.4. The molecular formula is C14H22N2O2S2. The minimum Gasteiger partial charge on any atom is -0.392 e. The normalized spacial score (nSPS) is 25.2. The summed E-state index contributed by atoms with van der Waals surface area (Å²) in [5.74, 6) is 2.05. The number of aliphatic hydroxyl groups excluding tert-OH is 1. The molecule has 1 amide bonds. The molecule has 20 heavy (non-hydrogen) atoms. The SMILES string of the molecule is O=C(CN1CCCC(O)C1)N/C=C/C1=C(S)CSCC1. The number of hydrogen-bond acceptors (Lipinski definition) is 5. The molecule has 0 spiro atoms. The van der Waals surface area contributed by atoms with Crippen molar-refractivity contribution in [2.24, 2.45) is 0 Å². The maximum atomic E-state index is 11.8. The van der Waals surface area contributed by atoms with Gasteiger partial charge in [-0.2, -0.15) is 11.8 Å². The van der Waals surface area contributed by atoms with E-state index >= 15 is 0 Å². The number of aliphatic hydroxyl groups is 1. The van der Waals surface area contributed by atoms with Crippen LogP contribution in [-0.4, -0.2) is 53.2 Å². The zero-order valence-corrected chi connectivity index (χ0v) is 13.3. The largest absolute Gasteiger partial charge is 0.392 e. The average Bonchev–Trinajstić information content (AvgIpc) is 2.41. The molecule has 0 bridgehead atoms. The third kappa shape index (κ3) is 5.16. The molecule has 1 saturated heterocycles. The van der Waals surface area contributed by atoms with E-state index in [4.69, 9.17) is 0 Å². The molecule has 0 aliphatic carbocycles. The number of thiol groups is 1. The molecule has 2 N–H and O–H groups in total. The van der Waals surface area contributed by atoms with E-state index in [1.165, 1.54) is 5.57 Å². The van der Waals surface area contributed by atoms with E-state index in [2.05, 4.69) is 17.9 Å². The van der Waals surface area contributed by atoms with E-state index in [-0.39, 0.29) is 12.0 Å². The maximum Gasteiger partial charge on any atom is 0.238 e. The lowest BCUT2D eigenvalue weighted by Gasteiger charge is -2.29. The molecule has 112 valence electrons. The molecular weight excluding hydrogens is 292 g/mol. The number of nitrogens with zero attached hydrogens (tertiary/aromatic N) is 1. The van der Waals surface area contributed by atoms with Gasteiger partial charge in [-0.3, -0.25) is 9.69 Å². The number of allylic oxidation sites excluding steroid dienone is 2. The molecule has 2 aliphatic rings. The molecule has 0 saturated carbocycles. The van der Waals surface area contributed by atoms with E-state index < -0.39 is 0 Å². The number of thioether (sulfide) groups is 1. The lowest BCUT2D eigenvalue weighted by molar-refractivity contribution is -0.122. The molecule has 0 radical (unpaired) electrons. The first-order chi connectivity index (χ1) is 9.65. The Kier molecular flexibility index (Phi) is 6.48. The quantitative estimate of drug-likeness (QED) is 0.687. The Morgan fingerprint density at radius 2 is 2.45 bits per heavy atom. The number of piperidine rings is 1. The Hall–Kier alpha value is -0.430. The number of hydrogen-bond donors (Lipinski definition) is 3. The predicted molar refractivity (Wildman–Crippen MR) is 86.9 cm³/mol. The van der Waals surface area contributed by atoms with Crippen molar-refractivity contribution in [1.29, 1.82) is 0 Å². The number of rotatable bonds is 4. The third-order valence-corrected chi connectivity index (χ3v) is 5.15. The van der Waals surface area contributed by atoms with Gasteiger partial charge >= 0.3 is 0 Å². The second-order valence-electron chi connectivity index (χ2n) is 5.21. The summed E-state index contributed by atoms with van der Waals surface area (Å²) in [7, 11) is 0. The van der Waals surface area contributed by atoms with Gasteiger partial charge in [-0.15, -0.1) is 12.6 Å². The van der Waals surface area contributed by atoms with E-state index in [9.17, 15) is 9.90 Å². The number of likely N-dealkylation sites (tertiary alicyclic amines) is 1. The van der Waals surface area contributed by atoms with E-state index in [1.807, 2.05) is 22.7 Å². The lowest BCUT2D eigenvalue weighted by atomic mass is 10.1. The number of carbonyl (C=O) groups is 1. The minimum absolute atomic E-state index is 0.0261. The van der Waals surface area contributed by atoms with Crippen LogP contribution in [0.4, 0.5) is 0 Å². The zero-order valence-electron chi connectivity index (χ0n) is 11.5. The van der Waals surface area contributed by atoms with Crippen LogP contribution >= 0.6 is 24.4 Å². The molecule has 6 heteroatoms. The Balaban J connectivity index is 1.74. The highest BCUT2D eigenvalue weighted by Gasteiger charge is 2.19. The van der Waals surface area contributed by atoms with Crippen LogP contribution < -0.4 is 5.32 Å². The van der Waals surface area contributed by atoms with Crippen molar-refractivity contribution in [2.45, 2.75) is 25.4 Å². The van der Waals surface area contributed by atoms with Crippen molar-refractivity contribution >= 4 is 30.3 Å². The van der Waals surface area contributed by atoms with Gasteiger partial charge in [0.1, 0.15) is 0 Å². The summed E-state index contributed by atoms with van der Waals surface area (Å²) in [6, 6.07) is 0. The fourth-order valence-corrected chi connectivity index (χ4v) is 3.77. The van der Waals surface area contributed by atoms with Gasteiger partial charge in [-0.1, -0.05) is 0 Å². The summed E-state index contributed by atoms with van der Waals surface area (Å²) in [6.45, 7) is 1.84. The number of nitrogens with one attached hydrogen (secondary N) is 1. The molecule has 1 atom stereocenters. The Bertz CT molecular complexity index is 410. The van der Waals surface area contributed by atoms with Gasteiger partial charge in [-0.25, -0.2) is 0 Å². The summed E-state index contributed by atoms with van der Waals surface area (Å²) >= 11 is 6.34. The average molecular weight is 314 g/mol. The summed E-state index contributed by atoms with van der Waals surface area (Å²) in [5, 5.41) is 12.4. The van der Waals surface area contributed by atoms with Crippen LogP contribution in [0.2, 0.25) is 0 Å². The van der Waals surface area contributed by atoms with Crippen molar-refractivity contribution in [2.75, 3.05) is 31.1 Å². The lowest BCUT2D eigenvalue weighted by Crippen LogP contribution is -2.43. The summed E-state index contributed by atoms with van der Waals surface area (Å²) in [5.41, 5.74) is 1.21. The standard InChI is InChI=1S/C14H22N2O2S2/c17-12-2-1-6-16(8-12)9-14(18)15-5-3-11-4-7-20-10-13(11)19/h3,5,12,17,19H,1-2,4,6-10H2,(H,15,18)/b5-3+. The molecule has 0 aromatic rings. The number of β-amino-alcohol motifs (C(OH)–C–C–N with tert-alkyl or cyclic N) is 1.